The summed E-state index contributed by atoms with van der Waals surface area (Å²) < 4.78 is 0. The Labute approximate surface area is 71.0 Å². The van der Waals surface area contributed by atoms with E-state index in [4.69, 9.17) is 0 Å². The van der Waals surface area contributed by atoms with Gasteiger partial charge in [-0.1, -0.05) is 20.8 Å². The monoisotopic (exact) mass is 158 g/mol. The lowest BCUT2D eigenvalue weighted by Crippen LogP contribution is -2.32. The van der Waals surface area contributed by atoms with Crippen LogP contribution in [0, 0.1) is 0 Å². The smallest absolute Gasteiger partial charge is 0.0107 e. The molecule has 0 aliphatic heterocycles. The maximum absolute atomic E-state index is 3.39. The molecule has 11 heavy (non-hydrogen) atoms. The van der Waals surface area contributed by atoms with Gasteiger partial charge in [0.25, 0.3) is 0 Å². The van der Waals surface area contributed by atoms with Crippen molar-refractivity contribution < 1.29 is 0 Å². The Morgan fingerprint density at radius 3 is 2.09 bits per heavy atom. The summed E-state index contributed by atoms with van der Waals surface area (Å²) in [4.78, 5) is 2.43. The zero-order valence-corrected chi connectivity index (χ0v) is 8.19. The summed E-state index contributed by atoms with van der Waals surface area (Å²) in [5.74, 6) is 0. The molecule has 0 aliphatic carbocycles. The topological polar surface area (TPSA) is 15.3 Å². The van der Waals surface area contributed by atoms with Gasteiger partial charge in [0.15, 0.2) is 0 Å². The predicted octanol–water partition coefficient (Wildman–Crippen LogP) is 1.33. The maximum atomic E-state index is 3.39. The van der Waals surface area contributed by atoms with E-state index in [0.717, 1.165) is 13.1 Å². The zero-order valence-electron chi connectivity index (χ0n) is 8.19. The zero-order chi connectivity index (χ0) is 8.53. The second-order valence-electron chi connectivity index (χ2n) is 2.78. The third-order valence-electron chi connectivity index (χ3n) is 1.93. The summed E-state index contributed by atoms with van der Waals surface area (Å²) in [5.41, 5.74) is 0. The number of nitrogens with one attached hydrogen (secondary N) is 1. The van der Waals surface area contributed by atoms with Gasteiger partial charge in [-0.05, 0) is 26.1 Å². The van der Waals surface area contributed by atoms with Crippen molar-refractivity contribution in [2.45, 2.75) is 27.2 Å². The predicted molar refractivity (Wildman–Crippen MR) is 50.9 cm³/mol. The van der Waals surface area contributed by atoms with Crippen molar-refractivity contribution >= 4 is 0 Å². The van der Waals surface area contributed by atoms with Crippen LogP contribution < -0.4 is 5.32 Å². The third-order valence-corrected chi connectivity index (χ3v) is 1.93. The molecule has 0 aliphatic rings. The van der Waals surface area contributed by atoms with Crippen LogP contribution in [0.4, 0.5) is 0 Å². The third kappa shape index (κ3) is 6.32. The van der Waals surface area contributed by atoms with E-state index >= 15 is 0 Å². The molecule has 0 aromatic carbocycles. The molecule has 0 bridgehead atoms. The standard InChI is InChI=1S/C9H22N2/c1-4-7-10-8-9-11(5-2)6-3/h10H,4-9H2,1-3H3. The Morgan fingerprint density at radius 2 is 1.64 bits per heavy atom. The van der Waals surface area contributed by atoms with Crippen LogP contribution in [-0.4, -0.2) is 37.6 Å². The van der Waals surface area contributed by atoms with Gasteiger partial charge in [-0.2, -0.15) is 0 Å². The van der Waals surface area contributed by atoms with Gasteiger partial charge in [0.1, 0.15) is 0 Å². The molecule has 0 atom stereocenters. The summed E-state index contributed by atoms with van der Waals surface area (Å²) >= 11 is 0. The van der Waals surface area contributed by atoms with Gasteiger partial charge in [-0.15, -0.1) is 0 Å². The van der Waals surface area contributed by atoms with Crippen LogP contribution in [0.3, 0.4) is 0 Å². The fourth-order valence-corrected chi connectivity index (χ4v) is 1.08. The SMILES string of the molecule is CCCNCCN(CC)CC. The van der Waals surface area contributed by atoms with Crippen molar-refractivity contribution in [2.75, 3.05) is 32.7 Å². The van der Waals surface area contributed by atoms with Crippen molar-refractivity contribution in [3.8, 4) is 0 Å². The molecular weight excluding hydrogens is 136 g/mol. The quantitative estimate of drug-likeness (QED) is 0.562. The minimum absolute atomic E-state index is 1.13. The number of hydrogen-bond acceptors (Lipinski definition) is 2. The summed E-state index contributed by atoms with van der Waals surface area (Å²) in [6, 6.07) is 0. The van der Waals surface area contributed by atoms with Gasteiger partial charge >= 0.3 is 0 Å². The van der Waals surface area contributed by atoms with E-state index in [9.17, 15) is 0 Å². The van der Waals surface area contributed by atoms with E-state index in [-0.39, 0.29) is 0 Å². The first-order valence-corrected chi connectivity index (χ1v) is 4.78. The number of nitrogens with zero attached hydrogens (tertiary/aromatic N) is 1. The molecule has 2 nitrogen and oxygen atoms in total. The number of hydrogen-bond donors (Lipinski definition) is 1. The van der Waals surface area contributed by atoms with Crippen molar-refractivity contribution in [3.05, 3.63) is 0 Å². The van der Waals surface area contributed by atoms with Crippen LogP contribution >= 0.6 is 0 Å². The van der Waals surface area contributed by atoms with Gasteiger partial charge in [0, 0.05) is 13.1 Å². The molecular formula is C9H22N2. The normalized spacial score (nSPS) is 10.9. The van der Waals surface area contributed by atoms with Crippen LogP contribution in [0.25, 0.3) is 0 Å². The van der Waals surface area contributed by atoms with Gasteiger partial charge in [-0.25, -0.2) is 0 Å². The molecule has 0 unspecified atom stereocenters. The highest BCUT2D eigenvalue weighted by Crippen LogP contribution is 1.83. The van der Waals surface area contributed by atoms with Gasteiger partial charge in [-0.3, -0.25) is 0 Å². The largest absolute Gasteiger partial charge is 0.315 e. The molecule has 0 amide bonds. The van der Waals surface area contributed by atoms with Crippen LogP contribution in [-0.2, 0) is 0 Å². The minimum atomic E-state index is 1.13. The molecule has 0 saturated carbocycles. The molecule has 0 aromatic heterocycles. The van der Waals surface area contributed by atoms with E-state index in [1.54, 1.807) is 0 Å². The molecule has 2 heteroatoms. The molecule has 1 N–H and O–H groups in total. The maximum Gasteiger partial charge on any atom is 0.0107 e. The van der Waals surface area contributed by atoms with Crippen molar-refractivity contribution in [2.24, 2.45) is 0 Å². The molecule has 0 saturated heterocycles. The fourth-order valence-electron chi connectivity index (χ4n) is 1.08. The Kier molecular flexibility index (Phi) is 7.96. The number of rotatable bonds is 7. The Balaban J connectivity index is 3.07. The lowest BCUT2D eigenvalue weighted by atomic mass is 10.4. The first kappa shape index (κ1) is 10.9. The molecule has 0 fully saturated rings. The Morgan fingerprint density at radius 1 is 1.00 bits per heavy atom. The average molecular weight is 158 g/mol. The average Bonchev–Trinajstić information content (AvgIpc) is 2.05. The van der Waals surface area contributed by atoms with Crippen LogP contribution in [0.1, 0.15) is 27.2 Å². The Hall–Kier alpha value is -0.0800. The lowest BCUT2D eigenvalue weighted by molar-refractivity contribution is 0.302. The van der Waals surface area contributed by atoms with Crippen LogP contribution in [0.15, 0.2) is 0 Å². The first-order chi connectivity index (χ1) is 5.35. The highest BCUT2D eigenvalue weighted by atomic mass is 15.1. The second-order valence-corrected chi connectivity index (χ2v) is 2.78. The molecule has 0 radical (unpaired) electrons. The van der Waals surface area contributed by atoms with Crippen LogP contribution in [0.2, 0.25) is 0 Å². The van der Waals surface area contributed by atoms with E-state index < -0.39 is 0 Å². The first-order valence-electron chi connectivity index (χ1n) is 4.78. The summed E-state index contributed by atoms with van der Waals surface area (Å²) in [6.07, 6.45) is 1.23. The molecule has 0 heterocycles. The summed E-state index contributed by atoms with van der Waals surface area (Å²) in [7, 11) is 0. The van der Waals surface area contributed by atoms with Crippen molar-refractivity contribution in [1.29, 1.82) is 0 Å². The summed E-state index contributed by atoms with van der Waals surface area (Å²) in [5, 5.41) is 3.39. The molecule has 68 valence electrons. The van der Waals surface area contributed by atoms with Crippen molar-refractivity contribution in [1.82, 2.24) is 10.2 Å². The minimum Gasteiger partial charge on any atom is -0.315 e. The molecule has 0 rings (SSSR count). The summed E-state index contributed by atoms with van der Waals surface area (Å²) in [6.45, 7) is 12.4. The fraction of sp³-hybridized carbons (Fsp3) is 1.00. The van der Waals surface area contributed by atoms with Crippen molar-refractivity contribution in [3.63, 3.8) is 0 Å². The van der Waals surface area contributed by atoms with Crippen LogP contribution in [0.5, 0.6) is 0 Å². The lowest BCUT2D eigenvalue weighted by Gasteiger charge is -2.17. The van der Waals surface area contributed by atoms with Gasteiger partial charge in [0.05, 0.1) is 0 Å². The highest BCUT2D eigenvalue weighted by molar-refractivity contribution is 4.54. The van der Waals surface area contributed by atoms with Gasteiger partial charge in [0.2, 0.25) is 0 Å². The molecule has 0 spiro atoms. The van der Waals surface area contributed by atoms with Gasteiger partial charge < -0.3 is 10.2 Å². The van der Waals surface area contributed by atoms with E-state index in [0.29, 0.717) is 0 Å². The number of likely N-dealkylation sites (N-methyl/N-ethyl adjacent to an activating group) is 1. The second kappa shape index (κ2) is 8.02. The van der Waals surface area contributed by atoms with E-state index in [1.165, 1.54) is 26.1 Å². The highest BCUT2D eigenvalue weighted by Gasteiger charge is 1.95. The Bertz CT molecular complexity index is 70.0. The van der Waals surface area contributed by atoms with E-state index in [1.807, 2.05) is 0 Å². The molecule has 0 aromatic rings. The van der Waals surface area contributed by atoms with E-state index in [2.05, 4.69) is 31.0 Å².